The van der Waals surface area contributed by atoms with E-state index < -0.39 is 0 Å². The zero-order valence-electron chi connectivity index (χ0n) is 11.3. The van der Waals surface area contributed by atoms with E-state index in [1.54, 1.807) is 12.4 Å². The Morgan fingerprint density at radius 3 is 2.83 bits per heavy atom. The minimum atomic E-state index is 0.517. The number of rotatable bonds is 4. The predicted molar refractivity (Wildman–Crippen MR) is 74.0 cm³/mol. The molecule has 6 heteroatoms. The van der Waals surface area contributed by atoms with Gasteiger partial charge in [0.1, 0.15) is 11.6 Å². The quantitative estimate of drug-likeness (QED) is 0.795. The zero-order valence-corrected chi connectivity index (χ0v) is 11.3. The monoisotopic (exact) mass is 250 g/mol. The number of hydrogen-bond acceptors (Lipinski definition) is 6. The molecule has 0 bridgehead atoms. The van der Waals surface area contributed by atoms with E-state index in [2.05, 4.69) is 44.5 Å². The summed E-state index contributed by atoms with van der Waals surface area (Å²) in [5.41, 5.74) is 0. The fourth-order valence-electron chi connectivity index (χ4n) is 2.12. The van der Waals surface area contributed by atoms with Crippen LogP contribution in [0.4, 0.5) is 11.6 Å². The van der Waals surface area contributed by atoms with Crippen molar-refractivity contribution in [3.8, 4) is 0 Å². The van der Waals surface area contributed by atoms with E-state index in [9.17, 15) is 0 Å². The lowest BCUT2D eigenvalue weighted by molar-refractivity contribution is 0.122. The number of likely N-dealkylation sites (N-methyl/N-ethyl adjacent to an activating group) is 2. The average Bonchev–Trinajstić information content (AvgIpc) is 2.40. The third-order valence-electron chi connectivity index (χ3n) is 3.39. The highest BCUT2D eigenvalue weighted by atomic mass is 15.3. The summed E-state index contributed by atoms with van der Waals surface area (Å²) in [5.74, 6) is 1.61. The topological polar surface area (TPSA) is 56.3 Å². The molecule has 6 nitrogen and oxygen atoms in total. The molecule has 1 aromatic heterocycles. The van der Waals surface area contributed by atoms with Crippen molar-refractivity contribution in [3.63, 3.8) is 0 Å². The summed E-state index contributed by atoms with van der Waals surface area (Å²) in [6, 6.07) is 0.517. The summed E-state index contributed by atoms with van der Waals surface area (Å²) in [4.78, 5) is 13.3. The van der Waals surface area contributed by atoms with E-state index in [1.165, 1.54) is 0 Å². The third-order valence-corrected chi connectivity index (χ3v) is 3.39. The maximum Gasteiger partial charge on any atom is 0.147 e. The summed E-state index contributed by atoms with van der Waals surface area (Å²) in [6.07, 6.45) is 3.47. The van der Waals surface area contributed by atoms with E-state index in [-0.39, 0.29) is 0 Å². The van der Waals surface area contributed by atoms with Crippen molar-refractivity contribution in [3.05, 3.63) is 12.4 Å². The summed E-state index contributed by atoms with van der Waals surface area (Å²) in [5, 5.41) is 6.35. The first kappa shape index (κ1) is 13.0. The molecule has 1 aliphatic heterocycles. The van der Waals surface area contributed by atoms with Crippen molar-refractivity contribution >= 4 is 11.6 Å². The van der Waals surface area contributed by atoms with Gasteiger partial charge >= 0.3 is 0 Å². The van der Waals surface area contributed by atoms with Crippen LogP contribution >= 0.6 is 0 Å². The Kier molecular flexibility index (Phi) is 4.33. The Hall–Kier alpha value is -1.40. The normalized spacial score (nSPS) is 21.8. The van der Waals surface area contributed by atoms with Gasteiger partial charge in [0, 0.05) is 39.3 Å². The van der Waals surface area contributed by atoms with Crippen molar-refractivity contribution in [1.29, 1.82) is 0 Å². The Morgan fingerprint density at radius 2 is 2.06 bits per heavy atom. The summed E-state index contributed by atoms with van der Waals surface area (Å²) in [6.45, 7) is 4.23. The van der Waals surface area contributed by atoms with Gasteiger partial charge in [-0.05, 0) is 14.1 Å². The second-order valence-electron chi connectivity index (χ2n) is 4.82. The van der Waals surface area contributed by atoms with Crippen LogP contribution in [-0.4, -0.2) is 73.1 Å². The van der Waals surface area contributed by atoms with Crippen LogP contribution in [0.25, 0.3) is 0 Å². The molecule has 2 N–H and O–H groups in total. The molecule has 0 amide bonds. The molecule has 2 heterocycles. The van der Waals surface area contributed by atoms with Gasteiger partial charge in [-0.1, -0.05) is 0 Å². The number of piperazine rings is 1. The molecular weight excluding hydrogens is 228 g/mol. The molecule has 1 atom stereocenters. The van der Waals surface area contributed by atoms with E-state index in [4.69, 9.17) is 0 Å². The van der Waals surface area contributed by atoms with Gasteiger partial charge in [-0.15, -0.1) is 0 Å². The molecule has 0 saturated carbocycles. The molecule has 1 aromatic rings. The van der Waals surface area contributed by atoms with E-state index in [0.29, 0.717) is 6.04 Å². The summed E-state index contributed by atoms with van der Waals surface area (Å²) in [7, 11) is 6.19. The molecule has 0 aliphatic carbocycles. The van der Waals surface area contributed by atoms with Gasteiger partial charge in [0.25, 0.3) is 0 Å². The number of hydrogen-bond donors (Lipinski definition) is 2. The largest absolute Gasteiger partial charge is 0.372 e. The molecule has 1 fully saturated rings. The molecule has 18 heavy (non-hydrogen) atoms. The van der Waals surface area contributed by atoms with E-state index in [1.807, 2.05) is 7.05 Å². The van der Waals surface area contributed by atoms with Crippen molar-refractivity contribution in [2.24, 2.45) is 0 Å². The van der Waals surface area contributed by atoms with Gasteiger partial charge in [0.2, 0.25) is 0 Å². The molecule has 1 aliphatic rings. The molecule has 0 radical (unpaired) electrons. The lowest BCUT2D eigenvalue weighted by Crippen LogP contribution is -2.52. The number of aromatic nitrogens is 2. The van der Waals surface area contributed by atoms with Crippen molar-refractivity contribution in [2.75, 3.05) is 58.0 Å². The van der Waals surface area contributed by atoms with Crippen molar-refractivity contribution in [2.45, 2.75) is 6.04 Å². The highest BCUT2D eigenvalue weighted by Crippen LogP contribution is 2.09. The fraction of sp³-hybridized carbons (Fsp3) is 0.667. The van der Waals surface area contributed by atoms with Gasteiger partial charge < -0.3 is 15.5 Å². The first-order chi connectivity index (χ1) is 8.69. The zero-order chi connectivity index (χ0) is 13.0. The Morgan fingerprint density at radius 1 is 1.28 bits per heavy atom. The molecule has 100 valence electrons. The van der Waals surface area contributed by atoms with Gasteiger partial charge in [-0.25, -0.2) is 4.98 Å². The lowest BCUT2D eigenvalue weighted by atomic mass is 10.2. The number of nitrogens with zero attached hydrogens (tertiary/aromatic N) is 4. The molecule has 1 unspecified atom stereocenters. The lowest BCUT2D eigenvalue weighted by Gasteiger charge is -2.37. The van der Waals surface area contributed by atoms with Gasteiger partial charge in [-0.3, -0.25) is 9.88 Å². The third kappa shape index (κ3) is 3.30. The molecular formula is C12H22N6. The molecule has 2 rings (SSSR count). The Labute approximate surface area is 108 Å². The summed E-state index contributed by atoms with van der Waals surface area (Å²) < 4.78 is 0. The van der Waals surface area contributed by atoms with Crippen LogP contribution in [0.1, 0.15) is 0 Å². The molecule has 1 saturated heterocycles. The number of nitrogens with one attached hydrogen (secondary N) is 2. The Bertz CT molecular complexity index is 383. The van der Waals surface area contributed by atoms with Crippen LogP contribution in [0.2, 0.25) is 0 Å². The maximum atomic E-state index is 4.40. The standard InChI is InChI=1S/C12H22N6/c1-13-11-7-14-8-12(16-11)15-6-10-9-17(2)4-5-18(10)3/h7-8,10H,4-6,9H2,1-3H3,(H2,13,15,16). The first-order valence-electron chi connectivity index (χ1n) is 6.31. The second-order valence-corrected chi connectivity index (χ2v) is 4.82. The van der Waals surface area contributed by atoms with Crippen LogP contribution in [0.3, 0.4) is 0 Å². The molecule has 0 spiro atoms. The summed E-state index contributed by atoms with van der Waals surface area (Å²) >= 11 is 0. The van der Waals surface area contributed by atoms with E-state index in [0.717, 1.165) is 37.8 Å². The van der Waals surface area contributed by atoms with Crippen LogP contribution in [0.15, 0.2) is 12.4 Å². The van der Waals surface area contributed by atoms with Gasteiger partial charge in [-0.2, -0.15) is 0 Å². The minimum Gasteiger partial charge on any atom is -0.372 e. The average molecular weight is 250 g/mol. The van der Waals surface area contributed by atoms with Gasteiger partial charge in [0.15, 0.2) is 0 Å². The van der Waals surface area contributed by atoms with Gasteiger partial charge in [0.05, 0.1) is 12.4 Å². The minimum absolute atomic E-state index is 0.517. The SMILES string of the molecule is CNc1cncc(NCC2CN(C)CCN2C)n1. The highest BCUT2D eigenvalue weighted by molar-refractivity contribution is 5.41. The number of anilines is 2. The van der Waals surface area contributed by atoms with Crippen LogP contribution in [0.5, 0.6) is 0 Å². The highest BCUT2D eigenvalue weighted by Gasteiger charge is 2.21. The van der Waals surface area contributed by atoms with Crippen LogP contribution in [-0.2, 0) is 0 Å². The van der Waals surface area contributed by atoms with E-state index >= 15 is 0 Å². The first-order valence-corrected chi connectivity index (χ1v) is 6.31. The fourth-order valence-corrected chi connectivity index (χ4v) is 2.12. The Balaban J connectivity index is 1.89. The van der Waals surface area contributed by atoms with Crippen LogP contribution < -0.4 is 10.6 Å². The molecule has 0 aromatic carbocycles. The predicted octanol–water partition coefficient (Wildman–Crippen LogP) is 0.176. The smallest absolute Gasteiger partial charge is 0.147 e. The van der Waals surface area contributed by atoms with Crippen molar-refractivity contribution < 1.29 is 0 Å². The van der Waals surface area contributed by atoms with Crippen molar-refractivity contribution in [1.82, 2.24) is 19.8 Å². The maximum absolute atomic E-state index is 4.40. The second kappa shape index (κ2) is 5.97. The van der Waals surface area contributed by atoms with Crippen LogP contribution in [0, 0.1) is 0 Å².